The van der Waals surface area contributed by atoms with Gasteiger partial charge in [0.2, 0.25) is 5.91 Å². The van der Waals surface area contributed by atoms with E-state index < -0.39 is 17.6 Å². The second-order valence-electron chi connectivity index (χ2n) is 4.82. The Kier molecular flexibility index (Phi) is 6.07. The Morgan fingerprint density at radius 2 is 2.20 bits per heavy atom. The van der Waals surface area contributed by atoms with Crippen molar-refractivity contribution in [3.8, 4) is 0 Å². The van der Waals surface area contributed by atoms with Crippen LogP contribution in [0.15, 0.2) is 30.1 Å². The largest absolute Gasteiger partial charge is 0.417 e. The monoisotopic (exact) mass is 391 g/mol. The molecule has 11 heteroatoms. The molecule has 0 spiro atoms. The number of thioether (sulfide) groups is 1. The summed E-state index contributed by atoms with van der Waals surface area (Å²) >= 11 is 6.87. The molecule has 0 aromatic carbocycles. The third kappa shape index (κ3) is 4.95. The van der Waals surface area contributed by atoms with Gasteiger partial charge in [-0.15, -0.1) is 16.8 Å². The lowest BCUT2D eigenvalue weighted by molar-refractivity contribution is -0.137. The van der Waals surface area contributed by atoms with Gasteiger partial charge in [-0.3, -0.25) is 4.79 Å². The molecule has 0 saturated heterocycles. The van der Waals surface area contributed by atoms with E-state index in [1.807, 2.05) is 0 Å². The SMILES string of the molecule is C=CCn1c(C)nnc1SCC(=O)Nc1ncc(C(F)(F)F)cc1Cl. The zero-order valence-electron chi connectivity index (χ0n) is 13.0. The Morgan fingerprint density at radius 3 is 2.80 bits per heavy atom. The highest BCUT2D eigenvalue weighted by Crippen LogP contribution is 2.32. The smallest absolute Gasteiger partial charge is 0.309 e. The summed E-state index contributed by atoms with van der Waals surface area (Å²) in [4.78, 5) is 15.5. The molecular weight excluding hydrogens is 379 g/mol. The Hall–Kier alpha value is -2.07. The van der Waals surface area contributed by atoms with Crippen LogP contribution in [0.25, 0.3) is 0 Å². The topological polar surface area (TPSA) is 72.7 Å². The molecule has 25 heavy (non-hydrogen) atoms. The molecule has 0 fully saturated rings. The highest BCUT2D eigenvalue weighted by atomic mass is 35.5. The molecule has 0 aliphatic carbocycles. The van der Waals surface area contributed by atoms with Crippen molar-refractivity contribution in [2.75, 3.05) is 11.1 Å². The van der Waals surface area contributed by atoms with Crippen LogP contribution in [-0.2, 0) is 17.5 Å². The molecule has 0 saturated carbocycles. The van der Waals surface area contributed by atoms with Crippen molar-refractivity contribution in [2.24, 2.45) is 0 Å². The van der Waals surface area contributed by atoms with Crippen LogP contribution >= 0.6 is 23.4 Å². The van der Waals surface area contributed by atoms with Crippen LogP contribution in [-0.4, -0.2) is 31.4 Å². The lowest BCUT2D eigenvalue weighted by Crippen LogP contribution is -2.16. The summed E-state index contributed by atoms with van der Waals surface area (Å²) < 4.78 is 39.5. The highest BCUT2D eigenvalue weighted by molar-refractivity contribution is 7.99. The van der Waals surface area contributed by atoms with Crippen LogP contribution in [0.4, 0.5) is 19.0 Å². The van der Waals surface area contributed by atoms with Crippen LogP contribution in [0.3, 0.4) is 0 Å². The fourth-order valence-corrected chi connectivity index (χ4v) is 2.80. The summed E-state index contributed by atoms with van der Waals surface area (Å²) in [6, 6.07) is 0.710. The van der Waals surface area contributed by atoms with Crippen molar-refractivity contribution in [3.63, 3.8) is 0 Å². The second kappa shape index (κ2) is 7.87. The van der Waals surface area contributed by atoms with Gasteiger partial charge in [0.05, 0.1) is 16.3 Å². The maximum atomic E-state index is 12.6. The molecule has 0 aliphatic rings. The van der Waals surface area contributed by atoms with Crippen LogP contribution in [0, 0.1) is 6.92 Å². The van der Waals surface area contributed by atoms with E-state index in [0.29, 0.717) is 29.8 Å². The molecule has 0 bridgehead atoms. The average Bonchev–Trinajstić information content (AvgIpc) is 2.87. The maximum absolute atomic E-state index is 12.6. The van der Waals surface area contributed by atoms with Crippen molar-refractivity contribution in [1.82, 2.24) is 19.7 Å². The van der Waals surface area contributed by atoms with Gasteiger partial charge in [0, 0.05) is 12.7 Å². The van der Waals surface area contributed by atoms with E-state index in [4.69, 9.17) is 11.6 Å². The van der Waals surface area contributed by atoms with Crippen LogP contribution in [0.5, 0.6) is 0 Å². The number of allylic oxidation sites excluding steroid dienone is 1. The number of nitrogens with zero attached hydrogens (tertiary/aromatic N) is 4. The fourth-order valence-electron chi connectivity index (χ4n) is 1.79. The Labute approximate surface area is 150 Å². The number of nitrogens with one attached hydrogen (secondary N) is 1. The van der Waals surface area contributed by atoms with Gasteiger partial charge in [-0.1, -0.05) is 29.4 Å². The van der Waals surface area contributed by atoms with Crippen LogP contribution in [0.2, 0.25) is 5.02 Å². The summed E-state index contributed by atoms with van der Waals surface area (Å²) in [5.74, 6) is 0.0260. The molecule has 134 valence electrons. The number of halogens is 4. The molecule has 0 aliphatic heterocycles. The van der Waals surface area contributed by atoms with E-state index in [1.165, 1.54) is 0 Å². The fraction of sp³-hybridized carbons (Fsp3) is 0.286. The van der Waals surface area contributed by atoms with E-state index in [-0.39, 0.29) is 16.6 Å². The van der Waals surface area contributed by atoms with E-state index >= 15 is 0 Å². The Morgan fingerprint density at radius 1 is 1.48 bits per heavy atom. The summed E-state index contributed by atoms with van der Waals surface area (Å²) in [6.45, 7) is 5.90. The number of aromatic nitrogens is 4. The molecule has 6 nitrogen and oxygen atoms in total. The Bertz CT molecular complexity index is 793. The van der Waals surface area contributed by atoms with Gasteiger partial charge >= 0.3 is 6.18 Å². The van der Waals surface area contributed by atoms with Gasteiger partial charge in [0.15, 0.2) is 11.0 Å². The number of pyridine rings is 1. The summed E-state index contributed by atoms with van der Waals surface area (Å²) in [5.41, 5.74) is -0.988. The second-order valence-corrected chi connectivity index (χ2v) is 6.17. The van der Waals surface area contributed by atoms with Crippen molar-refractivity contribution in [3.05, 3.63) is 41.3 Å². The van der Waals surface area contributed by atoms with Crippen molar-refractivity contribution in [1.29, 1.82) is 0 Å². The van der Waals surface area contributed by atoms with E-state index in [9.17, 15) is 18.0 Å². The molecule has 1 N–H and O–H groups in total. The molecular formula is C14H13ClF3N5OS. The van der Waals surface area contributed by atoms with Crippen molar-refractivity contribution in [2.45, 2.75) is 24.8 Å². The molecule has 2 aromatic heterocycles. The van der Waals surface area contributed by atoms with Crippen molar-refractivity contribution < 1.29 is 18.0 Å². The lowest BCUT2D eigenvalue weighted by atomic mass is 10.3. The summed E-state index contributed by atoms with van der Waals surface area (Å²) in [7, 11) is 0. The van der Waals surface area contributed by atoms with Gasteiger partial charge in [0.25, 0.3) is 0 Å². The molecule has 2 heterocycles. The minimum atomic E-state index is -4.55. The van der Waals surface area contributed by atoms with E-state index in [2.05, 4.69) is 27.1 Å². The zero-order valence-corrected chi connectivity index (χ0v) is 14.5. The van der Waals surface area contributed by atoms with E-state index in [1.54, 1.807) is 17.6 Å². The first-order valence-electron chi connectivity index (χ1n) is 6.88. The molecule has 2 aromatic rings. The standard InChI is InChI=1S/C14H13ClF3N5OS/c1-3-4-23-8(2)21-22-13(23)25-7-11(24)20-12-10(15)5-9(6-19-12)14(16,17)18/h3,5-6H,1,4,7H2,2H3,(H,19,20,24). The predicted molar refractivity (Wildman–Crippen MR) is 88.6 cm³/mol. The molecule has 0 radical (unpaired) electrons. The summed E-state index contributed by atoms with van der Waals surface area (Å²) in [6.07, 6.45) is -2.27. The van der Waals surface area contributed by atoms with Gasteiger partial charge in [-0.25, -0.2) is 4.98 Å². The number of carbonyl (C=O) groups excluding carboxylic acids is 1. The number of amides is 1. The number of anilines is 1. The number of carbonyl (C=O) groups is 1. The Balaban J connectivity index is 2.00. The third-order valence-electron chi connectivity index (χ3n) is 2.97. The number of alkyl halides is 3. The number of rotatable bonds is 6. The third-order valence-corrected chi connectivity index (χ3v) is 4.23. The molecule has 2 rings (SSSR count). The van der Waals surface area contributed by atoms with E-state index in [0.717, 1.165) is 11.8 Å². The minimum absolute atomic E-state index is 0.0334. The zero-order chi connectivity index (χ0) is 18.6. The van der Waals surface area contributed by atoms with Gasteiger partial charge < -0.3 is 9.88 Å². The first-order chi connectivity index (χ1) is 11.7. The van der Waals surface area contributed by atoms with Gasteiger partial charge in [-0.05, 0) is 13.0 Å². The maximum Gasteiger partial charge on any atom is 0.417 e. The van der Waals surface area contributed by atoms with Gasteiger partial charge in [-0.2, -0.15) is 13.2 Å². The first kappa shape index (κ1) is 19.3. The first-order valence-corrected chi connectivity index (χ1v) is 8.24. The number of hydrogen-bond acceptors (Lipinski definition) is 5. The lowest BCUT2D eigenvalue weighted by Gasteiger charge is -2.10. The molecule has 1 amide bonds. The summed E-state index contributed by atoms with van der Waals surface area (Å²) in [5, 5.41) is 10.5. The van der Waals surface area contributed by atoms with Crippen LogP contribution < -0.4 is 5.32 Å². The van der Waals surface area contributed by atoms with Gasteiger partial charge in [0.1, 0.15) is 5.82 Å². The normalized spacial score (nSPS) is 11.4. The van der Waals surface area contributed by atoms with Crippen LogP contribution in [0.1, 0.15) is 11.4 Å². The number of hydrogen-bond donors (Lipinski definition) is 1. The average molecular weight is 392 g/mol. The molecule has 0 atom stereocenters. The predicted octanol–water partition coefficient (Wildman–Crippen LogP) is 3.57. The minimum Gasteiger partial charge on any atom is -0.309 e. The van der Waals surface area contributed by atoms with Crippen molar-refractivity contribution >= 4 is 35.1 Å². The number of aryl methyl sites for hydroxylation is 1. The molecule has 0 unspecified atom stereocenters. The highest BCUT2D eigenvalue weighted by Gasteiger charge is 2.31. The quantitative estimate of drug-likeness (QED) is 0.602.